The molecule has 1 atom stereocenters. The van der Waals surface area contributed by atoms with Crippen molar-refractivity contribution in [3.63, 3.8) is 0 Å². The van der Waals surface area contributed by atoms with Crippen LogP contribution in [-0.2, 0) is 0 Å². The summed E-state index contributed by atoms with van der Waals surface area (Å²) >= 11 is 3.53. The van der Waals surface area contributed by atoms with Gasteiger partial charge >= 0.3 is 0 Å². The number of benzene rings is 1. The van der Waals surface area contributed by atoms with Crippen LogP contribution in [0.2, 0.25) is 0 Å². The molecule has 1 fully saturated rings. The summed E-state index contributed by atoms with van der Waals surface area (Å²) in [6.45, 7) is 4.45. The first-order valence-corrected chi connectivity index (χ1v) is 6.99. The van der Waals surface area contributed by atoms with Gasteiger partial charge in [-0.1, -0.05) is 28.8 Å². The van der Waals surface area contributed by atoms with E-state index >= 15 is 0 Å². The lowest BCUT2D eigenvalue weighted by Crippen LogP contribution is -2.23. The van der Waals surface area contributed by atoms with Gasteiger partial charge in [-0.15, -0.1) is 0 Å². The molecule has 0 bridgehead atoms. The van der Waals surface area contributed by atoms with Crippen molar-refractivity contribution in [3.05, 3.63) is 28.2 Å². The van der Waals surface area contributed by atoms with Gasteiger partial charge in [-0.3, -0.25) is 0 Å². The van der Waals surface area contributed by atoms with Gasteiger partial charge < -0.3 is 5.32 Å². The van der Waals surface area contributed by atoms with E-state index in [9.17, 15) is 0 Å². The number of nitrogens with one attached hydrogen (secondary N) is 1. The van der Waals surface area contributed by atoms with Crippen LogP contribution in [0.1, 0.15) is 38.2 Å². The molecule has 0 radical (unpaired) electrons. The predicted molar refractivity (Wildman–Crippen MR) is 73.9 cm³/mol. The van der Waals surface area contributed by atoms with Crippen molar-refractivity contribution in [3.8, 4) is 0 Å². The minimum atomic E-state index is 0.600. The molecular weight excluding hydrogens is 262 g/mol. The number of aryl methyl sites for hydroxylation is 1. The van der Waals surface area contributed by atoms with E-state index in [2.05, 4.69) is 53.3 Å². The predicted octanol–water partition coefficient (Wildman–Crippen LogP) is 4.75. The van der Waals surface area contributed by atoms with E-state index in [1.54, 1.807) is 0 Å². The van der Waals surface area contributed by atoms with Gasteiger partial charge in [0.15, 0.2) is 0 Å². The van der Waals surface area contributed by atoms with E-state index in [1.165, 1.54) is 41.4 Å². The lowest BCUT2D eigenvalue weighted by molar-refractivity contribution is 0.482. The number of halogens is 1. The van der Waals surface area contributed by atoms with Gasteiger partial charge in [0.25, 0.3) is 0 Å². The third-order valence-corrected chi connectivity index (χ3v) is 4.55. The topological polar surface area (TPSA) is 12.0 Å². The molecule has 1 saturated carbocycles. The highest BCUT2D eigenvalue weighted by Gasteiger charge is 2.21. The molecule has 0 aromatic heterocycles. The maximum atomic E-state index is 3.63. The summed E-state index contributed by atoms with van der Waals surface area (Å²) < 4.78 is 1.19. The van der Waals surface area contributed by atoms with Gasteiger partial charge in [0.1, 0.15) is 0 Å². The maximum absolute atomic E-state index is 3.63. The second kappa shape index (κ2) is 5.22. The van der Waals surface area contributed by atoms with Gasteiger partial charge in [0.2, 0.25) is 0 Å². The highest BCUT2D eigenvalue weighted by atomic mass is 79.9. The summed E-state index contributed by atoms with van der Waals surface area (Å²) in [6.07, 6.45) is 5.61. The average Bonchev–Trinajstić information content (AvgIpc) is 2.77. The monoisotopic (exact) mass is 281 g/mol. The molecule has 0 aliphatic heterocycles. The van der Waals surface area contributed by atoms with Crippen LogP contribution in [0.3, 0.4) is 0 Å². The molecule has 88 valence electrons. The summed E-state index contributed by atoms with van der Waals surface area (Å²) in [5.41, 5.74) is 2.55. The van der Waals surface area contributed by atoms with Crippen molar-refractivity contribution in [2.45, 2.75) is 45.6 Å². The first kappa shape index (κ1) is 12.0. The molecule has 2 heteroatoms. The Morgan fingerprint density at radius 1 is 1.31 bits per heavy atom. The van der Waals surface area contributed by atoms with E-state index in [-0.39, 0.29) is 0 Å². The number of rotatable bonds is 3. The minimum absolute atomic E-state index is 0.600. The van der Waals surface area contributed by atoms with E-state index < -0.39 is 0 Å². The first-order chi connectivity index (χ1) is 7.66. The van der Waals surface area contributed by atoms with Crippen molar-refractivity contribution in [1.29, 1.82) is 0 Å². The Hall–Kier alpha value is -0.500. The number of anilines is 1. The SMILES string of the molecule is Cc1cc(NC(C)C2CCCC2)ccc1Br. The third kappa shape index (κ3) is 2.79. The van der Waals surface area contributed by atoms with E-state index in [0.29, 0.717) is 6.04 Å². The molecule has 1 N–H and O–H groups in total. The molecule has 0 amide bonds. The van der Waals surface area contributed by atoms with Crippen LogP contribution in [0.15, 0.2) is 22.7 Å². The molecule has 1 aromatic carbocycles. The summed E-state index contributed by atoms with van der Waals surface area (Å²) in [6, 6.07) is 7.10. The van der Waals surface area contributed by atoms with E-state index in [4.69, 9.17) is 0 Å². The fourth-order valence-electron chi connectivity index (χ4n) is 2.57. The zero-order valence-electron chi connectivity index (χ0n) is 10.1. The molecule has 1 unspecified atom stereocenters. The Morgan fingerprint density at radius 2 is 2.00 bits per heavy atom. The van der Waals surface area contributed by atoms with Gasteiger partial charge in [-0.05, 0) is 56.4 Å². The minimum Gasteiger partial charge on any atom is -0.382 e. The first-order valence-electron chi connectivity index (χ1n) is 6.19. The average molecular weight is 282 g/mol. The Morgan fingerprint density at radius 3 is 2.62 bits per heavy atom. The van der Waals surface area contributed by atoms with Crippen molar-refractivity contribution in [1.82, 2.24) is 0 Å². The molecule has 16 heavy (non-hydrogen) atoms. The third-order valence-electron chi connectivity index (χ3n) is 3.66. The van der Waals surface area contributed by atoms with Gasteiger partial charge in [-0.25, -0.2) is 0 Å². The number of hydrogen-bond acceptors (Lipinski definition) is 1. The standard InChI is InChI=1S/C14H20BrN/c1-10-9-13(7-8-14(10)15)16-11(2)12-5-3-4-6-12/h7-9,11-12,16H,3-6H2,1-2H3. The number of hydrogen-bond donors (Lipinski definition) is 1. The van der Waals surface area contributed by atoms with Crippen molar-refractivity contribution in [2.75, 3.05) is 5.32 Å². The normalized spacial score (nSPS) is 18.7. The molecule has 1 aliphatic rings. The smallest absolute Gasteiger partial charge is 0.0345 e. The molecule has 0 spiro atoms. The van der Waals surface area contributed by atoms with E-state index in [1.807, 2.05) is 0 Å². The Kier molecular flexibility index (Phi) is 3.91. The zero-order chi connectivity index (χ0) is 11.5. The van der Waals surface area contributed by atoms with Crippen LogP contribution in [0.5, 0.6) is 0 Å². The summed E-state index contributed by atoms with van der Waals surface area (Å²) in [5.74, 6) is 0.865. The molecule has 1 aromatic rings. The summed E-state index contributed by atoms with van der Waals surface area (Å²) in [5, 5.41) is 3.63. The lowest BCUT2D eigenvalue weighted by atomic mass is 9.99. The van der Waals surface area contributed by atoms with Gasteiger partial charge in [0.05, 0.1) is 0 Å². The molecule has 0 saturated heterocycles. The molecule has 0 heterocycles. The van der Waals surface area contributed by atoms with Crippen LogP contribution >= 0.6 is 15.9 Å². The fourth-order valence-corrected chi connectivity index (χ4v) is 2.82. The highest BCUT2D eigenvalue weighted by Crippen LogP contribution is 2.29. The lowest BCUT2D eigenvalue weighted by Gasteiger charge is -2.21. The Balaban J connectivity index is 1.99. The Bertz CT molecular complexity index is 356. The van der Waals surface area contributed by atoms with Crippen molar-refractivity contribution < 1.29 is 0 Å². The van der Waals surface area contributed by atoms with Crippen molar-refractivity contribution in [2.24, 2.45) is 5.92 Å². The molecule has 1 aliphatic carbocycles. The van der Waals surface area contributed by atoms with Gasteiger partial charge in [-0.2, -0.15) is 0 Å². The fraction of sp³-hybridized carbons (Fsp3) is 0.571. The van der Waals surface area contributed by atoms with Crippen molar-refractivity contribution >= 4 is 21.6 Å². The summed E-state index contributed by atoms with van der Waals surface area (Å²) in [7, 11) is 0. The maximum Gasteiger partial charge on any atom is 0.0345 e. The summed E-state index contributed by atoms with van der Waals surface area (Å²) in [4.78, 5) is 0. The zero-order valence-corrected chi connectivity index (χ0v) is 11.7. The largest absolute Gasteiger partial charge is 0.382 e. The second-order valence-electron chi connectivity index (χ2n) is 4.94. The molecule has 1 nitrogen and oxygen atoms in total. The molecular formula is C14H20BrN. The van der Waals surface area contributed by atoms with Crippen LogP contribution < -0.4 is 5.32 Å². The van der Waals surface area contributed by atoms with Crippen LogP contribution in [0, 0.1) is 12.8 Å². The van der Waals surface area contributed by atoms with E-state index in [0.717, 1.165) is 5.92 Å². The highest BCUT2D eigenvalue weighted by molar-refractivity contribution is 9.10. The molecule has 2 rings (SSSR count). The van der Waals surface area contributed by atoms with Crippen LogP contribution in [0.4, 0.5) is 5.69 Å². The quantitative estimate of drug-likeness (QED) is 0.843. The van der Waals surface area contributed by atoms with Gasteiger partial charge in [0, 0.05) is 16.2 Å². The van der Waals surface area contributed by atoms with Crippen LogP contribution in [-0.4, -0.2) is 6.04 Å². The second-order valence-corrected chi connectivity index (χ2v) is 5.80. The van der Waals surface area contributed by atoms with Crippen LogP contribution in [0.25, 0.3) is 0 Å². The Labute approximate surface area is 107 Å².